The van der Waals surface area contributed by atoms with Crippen LogP contribution in [0.1, 0.15) is 31.7 Å². The van der Waals surface area contributed by atoms with Gasteiger partial charge in [0.05, 0.1) is 16.9 Å². The number of nitriles is 1. The van der Waals surface area contributed by atoms with Gasteiger partial charge < -0.3 is 4.74 Å². The topological polar surface area (TPSA) is 119 Å². The third-order valence-electron chi connectivity index (χ3n) is 4.83. The van der Waals surface area contributed by atoms with Crippen molar-refractivity contribution in [2.75, 3.05) is 0 Å². The van der Waals surface area contributed by atoms with Crippen LogP contribution in [0.25, 0.3) is 0 Å². The van der Waals surface area contributed by atoms with Gasteiger partial charge in [-0.05, 0) is 11.5 Å². The van der Waals surface area contributed by atoms with Crippen molar-refractivity contribution in [2.24, 2.45) is 23.0 Å². The van der Waals surface area contributed by atoms with E-state index in [1.165, 1.54) is 6.07 Å². The average molecular weight is 341 g/mol. The number of ketones is 1. The minimum absolute atomic E-state index is 0.0854. The van der Waals surface area contributed by atoms with E-state index in [9.17, 15) is 20.2 Å². The Hall–Kier alpha value is -2.72. The first-order valence-electron chi connectivity index (χ1n) is 8.06. The van der Waals surface area contributed by atoms with E-state index >= 15 is 0 Å². The second-order valence-corrected chi connectivity index (χ2v) is 7.24. The van der Waals surface area contributed by atoms with Gasteiger partial charge in [0, 0.05) is 24.0 Å². The van der Waals surface area contributed by atoms with Crippen LogP contribution in [0.3, 0.4) is 0 Å². The highest BCUT2D eigenvalue weighted by Gasteiger charge is 2.51. The van der Waals surface area contributed by atoms with Gasteiger partial charge in [-0.1, -0.05) is 32.0 Å². The van der Waals surface area contributed by atoms with Gasteiger partial charge in [-0.15, -0.1) is 0 Å². The molecule has 1 aliphatic heterocycles. The molecule has 3 rings (SSSR count). The number of para-hydroxylation sites is 1. The number of benzene rings is 1. The number of allylic oxidation sites excluding steroid dienone is 2. The molecule has 1 fully saturated rings. The van der Waals surface area contributed by atoms with Gasteiger partial charge in [-0.2, -0.15) is 5.26 Å². The normalized spacial score (nSPS) is 30.5. The Bertz CT molecular complexity index is 809. The lowest BCUT2D eigenvalue weighted by Crippen LogP contribution is -2.48. The second-order valence-electron chi connectivity index (χ2n) is 7.24. The molecule has 1 aliphatic carbocycles. The summed E-state index contributed by atoms with van der Waals surface area (Å²) in [5, 5.41) is 21.0. The van der Waals surface area contributed by atoms with Crippen LogP contribution < -0.4 is 5.73 Å². The Labute approximate surface area is 145 Å². The van der Waals surface area contributed by atoms with Crippen molar-refractivity contribution in [1.82, 2.24) is 0 Å². The molecule has 2 aliphatic rings. The molecule has 1 aromatic carbocycles. The quantitative estimate of drug-likeness (QED) is 0.652. The molecule has 4 unspecified atom stereocenters. The molecule has 130 valence electrons. The van der Waals surface area contributed by atoms with E-state index in [-0.39, 0.29) is 23.3 Å². The van der Waals surface area contributed by atoms with E-state index < -0.39 is 28.9 Å². The number of hydrogen-bond donors (Lipinski definition) is 1. The number of nitro benzene ring substituents is 1. The van der Waals surface area contributed by atoms with Gasteiger partial charge in [-0.25, -0.2) is 0 Å². The lowest BCUT2D eigenvalue weighted by Gasteiger charge is -2.43. The number of nitrogens with two attached hydrogens (primary N) is 1. The summed E-state index contributed by atoms with van der Waals surface area (Å²) in [5.74, 6) is -1.95. The first-order chi connectivity index (χ1) is 11.7. The molecule has 0 spiro atoms. The van der Waals surface area contributed by atoms with Crippen LogP contribution >= 0.6 is 0 Å². The third kappa shape index (κ3) is 2.89. The van der Waals surface area contributed by atoms with Gasteiger partial charge in [-0.3, -0.25) is 20.6 Å². The van der Waals surface area contributed by atoms with E-state index in [2.05, 4.69) is 6.07 Å². The summed E-state index contributed by atoms with van der Waals surface area (Å²) in [7, 11) is 0. The lowest BCUT2D eigenvalue weighted by molar-refractivity contribution is -0.385. The van der Waals surface area contributed by atoms with Crippen molar-refractivity contribution in [2.45, 2.75) is 32.4 Å². The van der Waals surface area contributed by atoms with Crippen LogP contribution in [0.2, 0.25) is 0 Å². The summed E-state index contributed by atoms with van der Waals surface area (Å²) in [6.45, 7) is 3.83. The molecule has 25 heavy (non-hydrogen) atoms. The molecule has 0 saturated carbocycles. The molecule has 1 heterocycles. The smallest absolute Gasteiger partial charge is 0.272 e. The zero-order chi connectivity index (χ0) is 18.4. The highest BCUT2D eigenvalue weighted by atomic mass is 16.6. The summed E-state index contributed by atoms with van der Waals surface area (Å²) in [5.41, 5.74) is 5.87. The Morgan fingerprint density at radius 3 is 2.72 bits per heavy atom. The highest BCUT2D eigenvalue weighted by molar-refractivity contribution is 5.87. The molecule has 0 radical (unpaired) electrons. The molecule has 0 amide bonds. The predicted octanol–water partition coefficient (Wildman–Crippen LogP) is 2.63. The van der Waals surface area contributed by atoms with Gasteiger partial charge in [0.2, 0.25) is 0 Å². The van der Waals surface area contributed by atoms with Crippen molar-refractivity contribution >= 4 is 11.5 Å². The number of ether oxygens (including phenoxy) is 1. The van der Waals surface area contributed by atoms with Crippen LogP contribution in [0.5, 0.6) is 0 Å². The van der Waals surface area contributed by atoms with E-state index in [0.717, 1.165) is 0 Å². The Kier molecular flexibility index (Phi) is 4.09. The summed E-state index contributed by atoms with van der Waals surface area (Å²) >= 11 is 0. The Morgan fingerprint density at radius 2 is 2.08 bits per heavy atom. The number of hydrogen-bond acceptors (Lipinski definition) is 6. The van der Waals surface area contributed by atoms with Crippen molar-refractivity contribution in [3.8, 4) is 6.07 Å². The number of rotatable bonds is 2. The van der Waals surface area contributed by atoms with Crippen molar-refractivity contribution in [1.29, 1.82) is 5.26 Å². The van der Waals surface area contributed by atoms with Gasteiger partial charge in [0.15, 0.2) is 6.23 Å². The third-order valence-corrected chi connectivity index (χ3v) is 4.83. The van der Waals surface area contributed by atoms with Crippen LogP contribution in [0, 0.1) is 38.7 Å². The maximum absolute atomic E-state index is 12.8. The van der Waals surface area contributed by atoms with Crippen LogP contribution in [-0.4, -0.2) is 16.9 Å². The second kappa shape index (κ2) is 5.97. The number of carbonyl (C=O) groups excluding carboxylic acids is 1. The molecule has 1 aromatic rings. The molecule has 1 saturated heterocycles. The molecule has 7 heteroatoms. The molecule has 0 aromatic heterocycles. The fourth-order valence-corrected chi connectivity index (χ4v) is 3.83. The van der Waals surface area contributed by atoms with E-state index in [1.54, 1.807) is 18.2 Å². The molecule has 4 atom stereocenters. The first kappa shape index (κ1) is 17.1. The van der Waals surface area contributed by atoms with Gasteiger partial charge in [0.25, 0.3) is 5.69 Å². The highest BCUT2D eigenvalue weighted by Crippen LogP contribution is 2.50. The summed E-state index contributed by atoms with van der Waals surface area (Å²) in [6.07, 6.45) is 1.20. The maximum atomic E-state index is 12.8. The molecule has 2 N–H and O–H groups in total. The Morgan fingerprint density at radius 1 is 1.40 bits per heavy atom. The summed E-state index contributed by atoms with van der Waals surface area (Å²) < 4.78 is 5.68. The van der Waals surface area contributed by atoms with E-state index in [4.69, 9.17) is 10.5 Å². The van der Waals surface area contributed by atoms with Gasteiger partial charge in [0.1, 0.15) is 17.5 Å². The van der Waals surface area contributed by atoms with Crippen molar-refractivity contribution in [3.05, 3.63) is 51.8 Å². The van der Waals surface area contributed by atoms with Gasteiger partial charge >= 0.3 is 0 Å². The lowest BCUT2D eigenvalue weighted by atomic mass is 9.65. The zero-order valence-electron chi connectivity index (χ0n) is 14.0. The molecule has 0 bridgehead atoms. The van der Waals surface area contributed by atoms with Crippen molar-refractivity contribution < 1.29 is 14.5 Å². The Balaban J connectivity index is 2.20. The van der Waals surface area contributed by atoms with Crippen LogP contribution in [0.4, 0.5) is 5.69 Å². The van der Waals surface area contributed by atoms with Crippen molar-refractivity contribution in [3.63, 3.8) is 0 Å². The fraction of sp³-hybridized carbons (Fsp3) is 0.444. The monoisotopic (exact) mass is 341 g/mol. The minimum Gasteiger partial charge on any atom is -0.478 e. The van der Waals surface area contributed by atoms with Crippen LogP contribution in [-0.2, 0) is 9.53 Å². The molecular weight excluding hydrogens is 322 g/mol. The summed E-state index contributed by atoms with van der Waals surface area (Å²) in [6, 6.07) is 8.29. The maximum Gasteiger partial charge on any atom is 0.272 e. The van der Waals surface area contributed by atoms with Crippen LogP contribution in [0.15, 0.2) is 36.1 Å². The summed E-state index contributed by atoms with van der Waals surface area (Å²) in [4.78, 5) is 23.8. The molecule has 7 nitrogen and oxygen atoms in total. The standard InChI is InChI=1S/C18H19N3O4/c1-18(2)7-13(22)16-14(8-18)25-17(20)11(9-19)15(16)10-5-3-4-6-12(10)21(23)24/h3-6,8,11,15-17H,7,20H2,1-2H3. The predicted molar refractivity (Wildman–Crippen MR) is 89.0 cm³/mol. The number of nitrogens with zero attached hydrogens (tertiary/aromatic N) is 2. The number of Topliss-reactive ketones (excluding diaryl/α,β-unsaturated/α-hetero) is 1. The largest absolute Gasteiger partial charge is 0.478 e. The SMILES string of the molecule is CC1(C)C=C2OC(N)C(C#N)C(c3ccccc3[N+](=O)[O-])C2C(=O)C1. The first-order valence-corrected chi connectivity index (χ1v) is 8.06. The number of nitro groups is 1. The fourth-order valence-electron chi connectivity index (χ4n) is 3.83. The average Bonchev–Trinajstić information content (AvgIpc) is 2.52. The number of carbonyl (C=O) groups is 1. The zero-order valence-corrected chi connectivity index (χ0v) is 14.0. The number of fused-ring (bicyclic) bond motifs is 1. The minimum atomic E-state index is -0.945. The molecular formula is C18H19N3O4. The van der Waals surface area contributed by atoms with E-state index in [0.29, 0.717) is 11.3 Å². The van der Waals surface area contributed by atoms with E-state index in [1.807, 2.05) is 19.9 Å².